The van der Waals surface area contributed by atoms with E-state index in [-0.39, 0.29) is 11.1 Å². The minimum atomic E-state index is -0.654. The molecular weight excluding hydrogens is 388 g/mol. The lowest BCUT2D eigenvalue weighted by Crippen LogP contribution is -2.15. The Bertz CT molecular complexity index is 1060. The summed E-state index contributed by atoms with van der Waals surface area (Å²) in [5.41, 5.74) is 0.511. The molecule has 0 bridgehead atoms. The molecule has 0 spiro atoms. The van der Waals surface area contributed by atoms with Crippen molar-refractivity contribution < 1.29 is 33.3 Å². The van der Waals surface area contributed by atoms with Gasteiger partial charge in [-0.05, 0) is 35.0 Å². The topological polar surface area (TPSA) is 80.3 Å². The molecular formula is C23H22O7. The number of fused-ring (bicyclic) bond motifs is 1. The van der Waals surface area contributed by atoms with Crippen LogP contribution in [0.2, 0.25) is 0 Å². The monoisotopic (exact) mass is 410 g/mol. The normalized spacial score (nSPS) is 10.4. The van der Waals surface area contributed by atoms with Crippen molar-refractivity contribution in [2.75, 3.05) is 35.0 Å². The average Bonchev–Trinajstić information content (AvgIpc) is 2.80. The zero-order valence-corrected chi connectivity index (χ0v) is 17.2. The number of hydrogen-bond donors (Lipinski definition) is 0. The molecule has 3 rings (SSSR count). The van der Waals surface area contributed by atoms with Crippen LogP contribution in [0.15, 0.2) is 48.5 Å². The molecule has 0 aliphatic rings. The summed E-state index contributed by atoms with van der Waals surface area (Å²) in [6.45, 7) is -0.451. The van der Waals surface area contributed by atoms with Crippen molar-refractivity contribution in [1.29, 1.82) is 0 Å². The Labute approximate surface area is 174 Å². The van der Waals surface area contributed by atoms with Gasteiger partial charge in [-0.15, -0.1) is 0 Å². The number of carbonyl (C=O) groups excluding carboxylic acids is 2. The summed E-state index contributed by atoms with van der Waals surface area (Å²) >= 11 is 0. The number of ether oxygens (including phenoxy) is 5. The van der Waals surface area contributed by atoms with Gasteiger partial charge in [0.15, 0.2) is 18.1 Å². The first-order valence-corrected chi connectivity index (χ1v) is 9.09. The van der Waals surface area contributed by atoms with Crippen molar-refractivity contribution in [2.24, 2.45) is 0 Å². The highest BCUT2D eigenvalue weighted by Crippen LogP contribution is 2.38. The number of ketones is 1. The summed E-state index contributed by atoms with van der Waals surface area (Å²) < 4.78 is 26.3. The first-order chi connectivity index (χ1) is 14.5. The zero-order valence-electron chi connectivity index (χ0n) is 17.2. The van der Waals surface area contributed by atoms with Gasteiger partial charge in [-0.1, -0.05) is 24.3 Å². The molecule has 0 fully saturated rings. The first kappa shape index (κ1) is 21.0. The molecule has 0 aliphatic carbocycles. The lowest BCUT2D eigenvalue weighted by molar-refractivity contribution is 0.0471. The molecule has 0 aromatic heterocycles. The fraction of sp³-hybridized carbons (Fsp3) is 0.217. The molecule has 0 saturated heterocycles. The molecule has 30 heavy (non-hydrogen) atoms. The van der Waals surface area contributed by atoms with Crippen molar-refractivity contribution in [1.82, 2.24) is 0 Å². The molecule has 0 saturated carbocycles. The molecule has 0 atom stereocenters. The Kier molecular flexibility index (Phi) is 6.41. The molecule has 0 N–H and O–H groups in total. The van der Waals surface area contributed by atoms with Crippen molar-refractivity contribution >= 4 is 22.5 Å². The van der Waals surface area contributed by atoms with E-state index in [1.54, 1.807) is 12.1 Å². The molecule has 0 aliphatic heterocycles. The maximum absolute atomic E-state index is 12.6. The van der Waals surface area contributed by atoms with E-state index in [4.69, 9.17) is 23.7 Å². The van der Waals surface area contributed by atoms with Gasteiger partial charge in [-0.3, -0.25) is 4.79 Å². The fourth-order valence-corrected chi connectivity index (χ4v) is 3.08. The summed E-state index contributed by atoms with van der Waals surface area (Å²) in [5, 5.41) is 1.79. The van der Waals surface area contributed by atoms with Crippen molar-refractivity contribution in [3.8, 4) is 23.0 Å². The van der Waals surface area contributed by atoms with Gasteiger partial charge in [0.05, 0.1) is 28.4 Å². The van der Waals surface area contributed by atoms with E-state index < -0.39 is 18.4 Å². The Morgan fingerprint density at radius 3 is 1.83 bits per heavy atom. The number of benzene rings is 3. The van der Waals surface area contributed by atoms with Gasteiger partial charge >= 0.3 is 5.97 Å². The Morgan fingerprint density at radius 2 is 1.30 bits per heavy atom. The van der Waals surface area contributed by atoms with Gasteiger partial charge in [0.1, 0.15) is 11.3 Å². The van der Waals surface area contributed by atoms with Crippen LogP contribution >= 0.6 is 0 Å². The van der Waals surface area contributed by atoms with Crippen LogP contribution in [0, 0.1) is 0 Å². The molecule has 0 unspecified atom stereocenters. The van der Waals surface area contributed by atoms with Crippen LogP contribution < -0.4 is 18.9 Å². The van der Waals surface area contributed by atoms with Gasteiger partial charge in [0, 0.05) is 5.56 Å². The Morgan fingerprint density at radius 1 is 0.733 bits per heavy atom. The highest BCUT2D eigenvalue weighted by Gasteiger charge is 2.20. The average molecular weight is 410 g/mol. The van der Waals surface area contributed by atoms with Crippen LogP contribution in [-0.4, -0.2) is 46.8 Å². The largest absolute Gasteiger partial charge is 0.496 e. The van der Waals surface area contributed by atoms with E-state index in [0.717, 1.165) is 10.8 Å². The number of methoxy groups -OCH3 is 4. The van der Waals surface area contributed by atoms with Crippen molar-refractivity contribution in [3.63, 3.8) is 0 Å². The van der Waals surface area contributed by atoms with Gasteiger partial charge < -0.3 is 23.7 Å². The van der Waals surface area contributed by atoms with Gasteiger partial charge in [-0.25, -0.2) is 4.79 Å². The third-order valence-electron chi connectivity index (χ3n) is 4.61. The number of Topliss-reactive ketones (excluding diaryl/α,β-unsaturated/α-hetero) is 1. The van der Waals surface area contributed by atoms with E-state index in [1.807, 2.05) is 24.3 Å². The number of rotatable bonds is 8. The number of carbonyl (C=O) groups is 2. The summed E-state index contributed by atoms with van der Waals surface area (Å²) in [7, 11) is 5.86. The standard InChI is InChI=1S/C23H22O7/c1-26-19-10-15-8-6-5-7-14(15)9-17(19)23(25)30-13-18(24)16-11-20(27-2)22(29-4)21(12-16)28-3/h5-12H,13H2,1-4H3. The molecule has 7 heteroatoms. The molecule has 3 aromatic carbocycles. The number of esters is 1. The summed E-state index contributed by atoms with van der Waals surface area (Å²) in [5.74, 6) is 0.347. The molecule has 0 amide bonds. The van der Waals surface area contributed by atoms with Crippen LogP contribution in [0.1, 0.15) is 20.7 Å². The van der Waals surface area contributed by atoms with Crippen LogP contribution in [0.25, 0.3) is 10.8 Å². The molecule has 3 aromatic rings. The SMILES string of the molecule is COc1cc2ccccc2cc1C(=O)OCC(=O)c1cc(OC)c(OC)c(OC)c1. The minimum Gasteiger partial charge on any atom is -0.496 e. The lowest BCUT2D eigenvalue weighted by Gasteiger charge is -2.14. The Balaban J connectivity index is 1.81. The fourth-order valence-electron chi connectivity index (χ4n) is 3.08. The third kappa shape index (κ3) is 4.15. The molecule has 156 valence electrons. The molecule has 7 nitrogen and oxygen atoms in total. The summed E-state index contributed by atoms with van der Waals surface area (Å²) in [6.07, 6.45) is 0. The highest BCUT2D eigenvalue weighted by atomic mass is 16.5. The predicted octanol–water partition coefficient (Wildman–Crippen LogP) is 3.91. The zero-order chi connectivity index (χ0) is 21.7. The smallest absolute Gasteiger partial charge is 0.342 e. The van der Waals surface area contributed by atoms with Gasteiger partial charge in [0.2, 0.25) is 11.5 Å². The van der Waals surface area contributed by atoms with E-state index in [0.29, 0.717) is 23.0 Å². The van der Waals surface area contributed by atoms with Crippen LogP contribution in [0.5, 0.6) is 23.0 Å². The van der Waals surface area contributed by atoms with E-state index >= 15 is 0 Å². The van der Waals surface area contributed by atoms with Crippen molar-refractivity contribution in [2.45, 2.75) is 0 Å². The molecule has 0 radical (unpaired) electrons. The van der Waals surface area contributed by atoms with E-state index in [9.17, 15) is 9.59 Å². The van der Waals surface area contributed by atoms with Crippen LogP contribution in [0.4, 0.5) is 0 Å². The van der Waals surface area contributed by atoms with Crippen LogP contribution in [0.3, 0.4) is 0 Å². The first-order valence-electron chi connectivity index (χ1n) is 9.09. The van der Waals surface area contributed by atoms with E-state index in [2.05, 4.69) is 0 Å². The van der Waals surface area contributed by atoms with Crippen LogP contribution in [-0.2, 0) is 4.74 Å². The second-order valence-corrected chi connectivity index (χ2v) is 6.31. The lowest BCUT2D eigenvalue weighted by atomic mass is 10.1. The highest BCUT2D eigenvalue weighted by molar-refractivity contribution is 6.02. The van der Waals surface area contributed by atoms with Crippen molar-refractivity contribution in [3.05, 3.63) is 59.7 Å². The second-order valence-electron chi connectivity index (χ2n) is 6.31. The minimum absolute atomic E-state index is 0.244. The number of hydrogen-bond acceptors (Lipinski definition) is 7. The van der Waals surface area contributed by atoms with E-state index in [1.165, 1.54) is 40.6 Å². The maximum Gasteiger partial charge on any atom is 0.342 e. The molecule has 0 heterocycles. The van der Waals surface area contributed by atoms with Gasteiger partial charge in [0.25, 0.3) is 0 Å². The Hall–Kier alpha value is -3.74. The predicted molar refractivity (Wildman–Crippen MR) is 111 cm³/mol. The maximum atomic E-state index is 12.6. The summed E-state index contributed by atoms with van der Waals surface area (Å²) in [6, 6.07) is 14.0. The summed E-state index contributed by atoms with van der Waals surface area (Å²) in [4.78, 5) is 25.2. The third-order valence-corrected chi connectivity index (χ3v) is 4.61. The van der Waals surface area contributed by atoms with Gasteiger partial charge in [-0.2, -0.15) is 0 Å². The quantitative estimate of drug-likeness (QED) is 0.411. The second kappa shape index (κ2) is 9.17.